The summed E-state index contributed by atoms with van der Waals surface area (Å²) in [7, 11) is 0. The number of urea groups is 1. The number of carbonyl (C=O) groups excluding carboxylic acids is 1. The van der Waals surface area contributed by atoms with Crippen LogP contribution in [-0.4, -0.2) is 16.6 Å². The van der Waals surface area contributed by atoms with E-state index in [0.29, 0.717) is 6.54 Å². The number of hydrogen-bond acceptors (Lipinski definition) is 3. The van der Waals surface area contributed by atoms with Crippen LogP contribution in [0, 0.1) is 6.92 Å². The lowest BCUT2D eigenvalue weighted by atomic mass is 10.1. The zero-order valence-electron chi connectivity index (χ0n) is 9.55. The Hall–Kier alpha value is -1.10. The van der Waals surface area contributed by atoms with Gasteiger partial charge in [-0.2, -0.15) is 0 Å². The predicted octanol–water partition coefficient (Wildman–Crippen LogP) is 2.05. The summed E-state index contributed by atoms with van der Waals surface area (Å²) < 4.78 is 0. The molecule has 5 heteroatoms. The Morgan fingerprint density at radius 1 is 1.53 bits per heavy atom. The molecule has 2 amide bonds. The van der Waals surface area contributed by atoms with Gasteiger partial charge in [0.05, 0.1) is 11.6 Å². The number of aryl methyl sites for hydroxylation is 1. The van der Waals surface area contributed by atoms with Crippen molar-refractivity contribution in [3.8, 4) is 0 Å². The fourth-order valence-electron chi connectivity index (χ4n) is 1.04. The minimum Gasteiger partial charge on any atom is -0.334 e. The molecule has 0 radical (unpaired) electrons. The van der Waals surface area contributed by atoms with Crippen molar-refractivity contribution in [2.24, 2.45) is 0 Å². The maximum Gasteiger partial charge on any atom is 0.315 e. The van der Waals surface area contributed by atoms with Crippen LogP contribution in [-0.2, 0) is 6.54 Å². The second-order valence-corrected chi connectivity index (χ2v) is 5.72. The molecule has 0 saturated heterocycles. The van der Waals surface area contributed by atoms with E-state index in [1.54, 1.807) is 17.5 Å². The molecule has 0 aliphatic rings. The van der Waals surface area contributed by atoms with E-state index in [0.717, 1.165) is 9.88 Å². The normalized spacial score (nSPS) is 11.2. The molecular weight excluding hydrogens is 210 g/mol. The third-order valence-corrected chi connectivity index (χ3v) is 2.49. The SMILES string of the molecule is Cc1ncc(CNC(=O)NC(C)(C)C)s1. The molecule has 1 aromatic rings. The Bertz CT molecular complexity index is 341. The summed E-state index contributed by atoms with van der Waals surface area (Å²) in [4.78, 5) is 16.6. The summed E-state index contributed by atoms with van der Waals surface area (Å²) >= 11 is 1.59. The smallest absolute Gasteiger partial charge is 0.315 e. The summed E-state index contributed by atoms with van der Waals surface area (Å²) in [5.74, 6) is 0. The number of nitrogens with zero attached hydrogens (tertiary/aromatic N) is 1. The maximum absolute atomic E-state index is 11.4. The molecule has 4 nitrogen and oxygen atoms in total. The monoisotopic (exact) mass is 227 g/mol. The van der Waals surface area contributed by atoms with Crippen LogP contribution in [0.3, 0.4) is 0 Å². The van der Waals surface area contributed by atoms with E-state index in [4.69, 9.17) is 0 Å². The molecule has 0 unspecified atom stereocenters. The van der Waals surface area contributed by atoms with E-state index in [1.165, 1.54) is 0 Å². The van der Waals surface area contributed by atoms with Gasteiger partial charge in [0.15, 0.2) is 0 Å². The molecule has 0 atom stereocenters. The molecule has 0 fully saturated rings. The minimum atomic E-state index is -0.201. The van der Waals surface area contributed by atoms with E-state index in [-0.39, 0.29) is 11.6 Å². The van der Waals surface area contributed by atoms with Gasteiger partial charge >= 0.3 is 6.03 Å². The largest absolute Gasteiger partial charge is 0.334 e. The van der Waals surface area contributed by atoms with Gasteiger partial charge in [-0.05, 0) is 27.7 Å². The first kappa shape index (κ1) is 12.0. The molecule has 0 spiro atoms. The van der Waals surface area contributed by atoms with Crippen LogP contribution < -0.4 is 10.6 Å². The van der Waals surface area contributed by atoms with Crippen molar-refractivity contribution >= 4 is 17.4 Å². The second-order valence-electron chi connectivity index (χ2n) is 4.40. The second kappa shape index (κ2) is 4.61. The standard InChI is InChI=1S/C10H17N3OS/c1-7-11-5-8(15-7)6-12-9(14)13-10(2,3)4/h5H,6H2,1-4H3,(H2,12,13,14). The molecule has 1 rings (SSSR count). The van der Waals surface area contributed by atoms with Gasteiger partial charge in [-0.25, -0.2) is 9.78 Å². The van der Waals surface area contributed by atoms with Crippen molar-refractivity contribution in [3.63, 3.8) is 0 Å². The molecule has 84 valence electrons. The lowest BCUT2D eigenvalue weighted by molar-refractivity contribution is 0.231. The van der Waals surface area contributed by atoms with Crippen LogP contribution in [0.4, 0.5) is 4.79 Å². The van der Waals surface area contributed by atoms with Crippen molar-refractivity contribution in [1.29, 1.82) is 0 Å². The summed E-state index contributed by atoms with van der Waals surface area (Å²) in [6.07, 6.45) is 1.79. The van der Waals surface area contributed by atoms with Gasteiger partial charge in [0.2, 0.25) is 0 Å². The molecule has 0 bridgehead atoms. The van der Waals surface area contributed by atoms with Crippen LogP contribution >= 0.6 is 11.3 Å². The first-order valence-electron chi connectivity index (χ1n) is 4.84. The van der Waals surface area contributed by atoms with Gasteiger partial charge < -0.3 is 10.6 Å². The molecular formula is C10H17N3OS. The zero-order valence-corrected chi connectivity index (χ0v) is 10.4. The Morgan fingerprint density at radius 2 is 2.20 bits per heavy atom. The lowest BCUT2D eigenvalue weighted by Gasteiger charge is -2.20. The topological polar surface area (TPSA) is 54.0 Å². The Morgan fingerprint density at radius 3 is 2.67 bits per heavy atom. The number of carbonyl (C=O) groups is 1. The van der Waals surface area contributed by atoms with Crippen molar-refractivity contribution in [1.82, 2.24) is 15.6 Å². The van der Waals surface area contributed by atoms with Crippen molar-refractivity contribution in [2.45, 2.75) is 39.8 Å². The van der Waals surface area contributed by atoms with Gasteiger partial charge in [-0.3, -0.25) is 0 Å². The van der Waals surface area contributed by atoms with Crippen LogP contribution in [0.15, 0.2) is 6.20 Å². The van der Waals surface area contributed by atoms with E-state index < -0.39 is 0 Å². The number of nitrogens with one attached hydrogen (secondary N) is 2. The fraction of sp³-hybridized carbons (Fsp3) is 0.600. The maximum atomic E-state index is 11.4. The van der Waals surface area contributed by atoms with Crippen LogP contribution in [0.1, 0.15) is 30.7 Å². The quantitative estimate of drug-likeness (QED) is 0.812. The number of rotatable bonds is 2. The fourth-order valence-corrected chi connectivity index (χ4v) is 1.77. The summed E-state index contributed by atoms with van der Waals surface area (Å²) in [5, 5.41) is 6.64. The average molecular weight is 227 g/mol. The van der Waals surface area contributed by atoms with E-state index in [1.807, 2.05) is 27.7 Å². The molecule has 0 aliphatic carbocycles. The third-order valence-electron chi connectivity index (χ3n) is 1.58. The van der Waals surface area contributed by atoms with Crippen molar-refractivity contribution < 1.29 is 4.79 Å². The Labute approximate surface area is 94.1 Å². The van der Waals surface area contributed by atoms with Crippen LogP contribution in [0.25, 0.3) is 0 Å². The number of thiazole rings is 1. The first-order chi connectivity index (χ1) is 6.87. The summed E-state index contributed by atoms with van der Waals surface area (Å²) in [6.45, 7) is 8.33. The Balaban J connectivity index is 2.35. The minimum absolute atomic E-state index is 0.145. The molecule has 2 N–H and O–H groups in total. The molecule has 0 aliphatic heterocycles. The molecule has 0 aromatic carbocycles. The van der Waals surface area contributed by atoms with Crippen LogP contribution in [0.5, 0.6) is 0 Å². The highest BCUT2D eigenvalue weighted by atomic mass is 32.1. The predicted molar refractivity (Wildman–Crippen MR) is 62.0 cm³/mol. The third kappa shape index (κ3) is 4.78. The highest BCUT2D eigenvalue weighted by Crippen LogP contribution is 2.10. The molecule has 1 aromatic heterocycles. The van der Waals surface area contributed by atoms with Crippen molar-refractivity contribution in [2.75, 3.05) is 0 Å². The lowest BCUT2D eigenvalue weighted by Crippen LogP contribution is -2.46. The van der Waals surface area contributed by atoms with Gasteiger partial charge in [-0.1, -0.05) is 0 Å². The van der Waals surface area contributed by atoms with E-state index in [2.05, 4.69) is 15.6 Å². The Kier molecular flexibility index (Phi) is 3.68. The molecule has 0 saturated carbocycles. The number of hydrogen-bond donors (Lipinski definition) is 2. The molecule has 15 heavy (non-hydrogen) atoms. The molecule has 1 heterocycles. The van der Waals surface area contributed by atoms with Gasteiger partial charge in [0, 0.05) is 16.6 Å². The van der Waals surface area contributed by atoms with Gasteiger partial charge in [-0.15, -0.1) is 11.3 Å². The highest BCUT2D eigenvalue weighted by molar-refractivity contribution is 7.11. The van der Waals surface area contributed by atoms with E-state index in [9.17, 15) is 4.79 Å². The van der Waals surface area contributed by atoms with E-state index >= 15 is 0 Å². The number of amides is 2. The van der Waals surface area contributed by atoms with Crippen LogP contribution in [0.2, 0.25) is 0 Å². The summed E-state index contributed by atoms with van der Waals surface area (Å²) in [5.41, 5.74) is -0.201. The van der Waals surface area contributed by atoms with Gasteiger partial charge in [0.25, 0.3) is 0 Å². The number of aromatic nitrogens is 1. The van der Waals surface area contributed by atoms with Crippen molar-refractivity contribution in [3.05, 3.63) is 16.1 Å². The highest BCUT2D eigenvalue weighted by Gasteiger charge is 2.13. The van der Waals surface area contributed by atoms with Gasteiger partial charge in [0.1, 0.15) is 0 Å². The zero-order chi connectivity index (χ0) is 11.5. The first-order valence-corrected chi connectivity index (χ1v) is 5.66. The summed E-state index contributed by atoms with van der Waals surface area (Å²) in [6, 6.07) is -0.145. The average Bonchev–Trinajstić information content (AvgIpc) is 2.45.